The normalized spacial score (nSPS) is 11.2. The van der Waals surface area contributed by atoms with Crippen molar-refractivity contribution in [2.24, 2.45) is 0 Å². The van der Waals surface area contributed by atoms with Crippen molar-refractivity contribution in [3.63, 3.8) is 0 Å². The topological polar surface area (TPSA) is 114 Å². The minimum Gasteiger partial charge on any atom is -0.296 e. The summed E-state index contributed by atoms with van der Waals surface area (Å²) >= 11 is 7.23. The molecule has 0 aliphatic carbocycles. The Morgan fingerprint density at radius 3 is 2.53 bits per heavy atom. The minimum absolute atomic E-state index is 0.0534. The van der Waals surface area contributed by atoms with Crippen molar-refractivity contribution < 1.29 is 17.6 Å². The zero-order chi connectivity index (χ0) is 22.7. The van der Waals surface area contributed by atoms with Crippen molar-refractivity contribution in [1.82, 2.24) is 15.2 Å². The van der Waals surface area contributed by atoms with Crippen LogP contribution in [-0.2, 0) is 10.0 Å². The van der Waals surface area contributed by atoms with Crippen LogP contribution in [-0.4, -0.2) is 29.5 Å². The van der Waals surface area contributed by atoms with E-state index >= 15 is 0 Å². The average Bonchev–Trinajstić information content (AvgIpc) is 3.24. The molecule has 2 aromatic heterocycles. The van der Waals surface area contributed by atoms with Gasteiger partial charge in [-0.3, -0.25) is 19.8 Å². The Bertz CT molecular complexity index is 1380. The first kappa shape index (κ1) is 21.8. The molecule has 0 aliphatic heterocycles. The van der Waals surface area contributed by atoms with E-state index in [9.17, 15) is 17.6 Å². The summed E-state index contributed by atoms with van der Waals surface area (Å²) in [5.41, 5.74) is 0.704. The fourth-order valence-corrected chi connectivity index (χ4v) is 4.61. The molecule has 1 amide bonds. The summed E-state index contributed by atoms with van der Waals surface area (Å²) in [5.74, 6) is -1.15. The number of hydrogen-bond donors (Lipinski definition) is 2. The first-order chi connectivity index (χ1) is 15.3. The summed E-state index contributed by atoms with van der Waals surface area (Å²) in [6.07, 6.45) is 1.61. The molecule has 32 heavy (non-hydrogen) atoms. The monoisotopic (exact) mass is 489 g/mol. The van der Waals surface area contributed by atoms with Gasteiger partial charge in [-0.1, -0.05) is 29.0 Å². The maximum atomic E-state index is 13.1. The highest BCUT2D eigenvalue weighted by atomic mass is 35.5. The van der Waals surface area contributed by atoms with E-state index in [1.807, 2.05) is 0 Å². The van der Waals surface area contributed by atoms with Crippen LogP contribution >= 0.6 is 22.9 Å². The molecule has 2 aromatic carbocycles. The fraction of sp³-hybridized carbons (Fsp3) is 0. The number of nitrogens with one attached hydrogen (secondary N) is 2. The average molecular weight is 490 g/mol. The smallest absolute Gasteiger partial charge is 0.261 e. The van der Waals surface area contributed by atoms with Crippen LogP contribution in [0.2, 0.25) is 5.02 Å². The second-order valence-corrected chi connectivity index (χ2v) is 9.40. The minimum atomic E-state index is -4.05. The predicted octanol–water partition coefficient (Wildman–Crippen LogP) is 4.45. The highest BCUT2D eigenvalue weighted by Crippen LogP contribution is 2.27. The Balaban J connectivity index is 1.55. The van der Waals surface area contributed by atoms with Crippen LogP contribution in [0.1, 0.15) is 10.4 Å². The van der Waals surface area contributed by atoms with Gasteiger partial charge in [-0.05, 0) is 54.6 Å². The Morgan fingerprint density at radius 2 is 1.81 bits per heavy atom. The van der Waals surface area contributed by atoms with Crippen molar-refractivity contribution in [3.05, 3.63) is 83.3 Å². The molecule has 4 rings (SSSR count). The standard InChI is InChI=1S/C20H13ClFN5O3S2/c21-16-9-8-14(32(29,30)27-13-6-4-12(22)5-7-13)11-15(16)18(28)24-20-26-25-19(31-20)17-3-1-2-10-23-17/h1-11,27H,(H,24,26,28). The lowest BCUT2D eigenvalue weighted by molar-refractivity contribution is 0.102. The Kier molecular flexibility index (Phi) is 6.12. The highest BCUT2D eigenvalue weighted by Gasteiger charge is 2.20. The molecule has 0 atom stereocenters. The van der Waals surface area contributed by atoms with Crippen molar-refractivity contribution in [1.29, 1.82) is 0 Å². The van der Waals surface area contributed by atoms with E-state index in [-0.39, 0.29) is 26.3 Å². The lowest BCUT2D eigenvalue weighted by Crippen LogP contribution is -2.16. The molecule has 0 unspecified atom stereocenters. The Hall–Kier alpha value is -3.41. The van der Waals surface area contributed by atoms with E-state index in [1.54, 1.807) is 24.4 Å². The molecule has 8 nitrogen and oxygen atoms in total. The van der Waals surface area contributed by atoms with E-state index in [0.29, 0.717) is 10.7 Å². The van der Waals surface area contributed by atoms with Crippen LogP contribution < -0.4 is 10.0 Å². The molecule has 0 saturated heterocycles. The van der Waals surface area contributed by atoms with Crippen molar-refractivity contribution in [3.8, 4) is 10.7 Å². The Morgan fingerprint density at radius 1 is 1.03 bits per heavy atom. The van der Waals surface area contributed by atoms with Gasteiger partial charge in [0.25, 0.3) is 15.9 Å². The molecule has 12 heteroatoms. The van der Waals surface area contributed by atoms with Crippen LogP contribution in [0, 0.1) is 5.82 Å². The zero-order valence-corrected chi connectivity index (χ0v) is 18.4. The number of amides is 1. The van der Waals surface area contributed by atoms with Gasteiger partial charge in [-0.25, -0.2) is 12.8 Å². The van der Waals surface area contributed by atoms with Crippen molar-refractivity contribution >= 4 is 49.7 Å². The number of hydrogen-bond acceptors (Lipinski definition) is 7. The van der Waals surface area contributed by atoms with Crippen LogP contribution in [0.3, 0.4) is 0 Å². The molecule has 0 aliphatic rings. The van der Waals surface area contributed by atoms with Crippen molar-refractivity contribution in [2.75, 3.05) is 10.0 Å². The van der Waals surface area contributed by atoms with Crippen LogP contribution in [0.25, 0.3) is 10.7 Å². The van der Waals surface area contributed by atoms with Crippen LogP contribution in [0.4, 0.5) is 15.2 Å². The summed E-state index contributed by atoms with van der Waals surface area (Å²) in [7, 11) is -4.05. The number of rotatable bonds is 6. The summed E-state index contributed by atoms with van der Waals surface area (Å²) in [6, 6.07) is 13.8. The number of aromatic nitrogens is 3. The zero-order valence-electron chi connectivity index (χ0n) is 16.0. The molecule has 162 valence electrons. The van der Waals surface area contributed by atoms with Crippen LogP contribution in [0.15, 0.2) is 71.8 Å². The van der Waals surface area contributed by atoms with Gasteiger partial charge < -0.3 is 0 Å². The number of halogens is 2. The molecule has 2 heterocycles. The third-order valence-electron chi connectivity index (χ3n) is 4.12. The number of pyridine rings is 1. The highest BCUT2D eigenvalue weighted by molar-refractivity contribution is 7.92. The SMILES string of the molecule is O=C(Nc1nnc(-c2ccccn2)s1)c1cc(S(=O)(=O)Nc2ccc(F)cc2)ccc1Cl. The molecule has 2 N–H and O–H groups in total. The first-order valence-electron chi connectivity index (χ1n) is 8.96. The third-order valence-corrected chi connectivity index (χ3v) is 6.69. The Labute approximate surface area is 191 Å². The van der Waals surface area contributed by atoms with E-state index < -0.39 is 21.7 Å². The number of anilines is 2. The molecule has 0 saturated carbocycles. The molecule has 0 fully saturated rings. The molecular weight excluding hydrogens is 477 g/mol. The number of carbonyl (C=O) groups is 1. The summed E-state index contributed by atoms with van der Waals surface area (Å²) in [5, 5.41) is 11.2. The predicted molar refractivity (Wildman–Crippen MR) is 120 cm³/mol. The summed E-state index contributed by atoms with van der Waals surface area (Å²) < 4.78 is 40.7. The number of benzene rings is 2. The first-order valence-corrected chi connectivity index (χ1v) is 11.6. The summed E-state index contributed by atoms with van der Waals surface area (Å²) in [4.78, 5) is 16.7. The third kappa shape index (κ3) is 4.90. The maximum Gasteiger partial charge on any atom is 0.261 e. The quantitative estimate of drug-likeness (QED) is 0.413. The lowest BCUT2D eigenvalue weighted by Gasteiger charge is -2.10. The van der Waals surface area contributed by atoms with Crippen LogP contribution in [0.5, 0.6) is 0 Å². The van der Waals surface area contributed by atoms with Gasteiger partial charge in [0.05, 0.1) is 15.5 Å². The molecule has 0 bridgehead atoms. The largest absolute Gasteiger partial charge is 0.296 e. The van der Waals surface area contributed by atoms with Gasteiger partial charge in [-0.2, -0.15) is 0 Å². The van der Waals surface area contributed by atoms with Gasteiger partial charge in [-0.15, -0.1) is 10.2 Å². The molecule has 4 aromatic rings. The van der Waals surface area contributed by atoms with Gasteiger partial charge >= 0.3 is 0 Å². The summed E-state index contributed by atoms with van der Waals surface area (Å²) in [6.45, 7) is 0. The van der Waals surface area contributed by atoms with Gasteiger partial charge in [0.2, 0.25) is 5.13 Å². The fourth-order valence-electron chi connectivity index (χ4n) is 2.61. The van der Waals surface area contributed by atoms with Gasteiger partial charge in [0.15, 0.2) is 5.01 Å². The van der Waals surface area contributed by atoms with E-state index in [0.717, 1.165) is 29.5 Å². The lowest BCUT2D eigenvalue weighted by atomic mass is 10.2. The number of sulfonamides is 1. The molecular formula is C20H13ClFN5O3S2. The van der Waals surface area contributed by atoms with E-state index in [1.165, 1.54) is 24.3 Å². The number of carbonyl (C=O) groups excluding carboxylic acids is 1. The maximum absolute atomic E-state index is 13.1. The van der Waals surface area contributed by atoms with Gasteiger partial charge in [0.1, 0.15) is 11.5 Å². The number of nitrogens with zero attached hydrogens (tertiary/aromatic N) is 3. The second kappa shape index (κ2) is 8.99. The van der Waals surface area contributed by atoms with Crippen molar-refractivity contribution in [2.45, 2.75) is 4.90 Å². The molecule has 0 spiro atoms. The van der Waals surface area contributed by atoms with E-state index in [2.05, 4.69) is 25.2 Å². The van der Waals surface area contributed by atoms with E-state index in [4.69, 9.17) is 11.6 Å². The second-order valence-electron chi connectivity index (χ2n) is 6.34. The molecule has 0 radical (unpaired) electrons. The van der Waals surface area contributed by atoms with Gasteiger partial charge in [0, 0.05) is 11.9 Å².